The average molecular weight is 588 g/mol. The second-order valence-electron chi connectivity index (χ2n) is 8.91. The molecule has 0 saturated heterocycles. The van der Waals surface area contributed by atoms with E-state index in [0.29, 0.717) is 16.8 Å². The monoisotopic (exact) mass is 586 g/mol. The molecule has 0 bridgehead atoms. The molecule has 0 spiro atoms. The van der Waals surface area contributed by atoms with Crippen LogP contribution in [0, 0.1) is 0 Å². The lowest BCUT2D eigenvalue weighted by Gasteiger charge is -2.34. The van der Waals surface area contributed by atoms with Crippen molar-refractivity contribution in [2.24, 2.45) is 0 Å². The highest BCUT2D eigenvalue weighted by atomic mass is 79.9. The number of pyridine rings is 1. The summed E-state index contributed by atoms with van der Waals surface area (Å²) in [4.78, 5) is 16.7. The predicted octanol–water partition coefficient (Wildman–Crippen LogP) is 6.94. The number of alkyl halides is 4. The van der Waals surface area contributed by atoms with E-state index in [1.807, 2.05) is 6.07 Å². The SMILES string of the molecule is CC(C)(Oc1ccc(C(F)(F)F)cn1)C(=O)NC[C@](CF)(Cc1ccc(Cl)cc1)c1cccc(Br)c1. The number of nitrogens with one attached hydrogen (secondary N) is 1. The number of hydrogen-bond acceptors (Lipinski definition) is 3. The van der Waals surface area contributed by atoms with E-state index in [1.54, 1.807) is 42.5 Å². The van der Waals surface area contributed by atoms with E-state index in [4.69, 9.17) is 16.3 Å². The van der Waals surface area contributed by atoms with Gasteiger partial charge in [0.25, 0.3) is 5.91 Å². The van der Waals surface area contributed by atoms with E-state index < -0.39 is 35.3 Å². The van der Waals surface area contributed by atoms with Crippen LogP contribution in [0.1, 0.15) is 30.5 Å². The summed E-state index contributed by atoms with van der Waals surface area (Å²) >= 11 is 9.41. The minimum atomic E-state index is -4.54. The molecule has 36 heavy (non-hydrogen) atoms. The first-order chi connectivity index (χ1) is 16.8. The molecular formula is C26H24BrClF4N2O2. The zero-order valence-electron chi connectivity index (χ0n) is 19.5. The van der Waals surface area contributed by atoms with Gasteiger partial charge >= 0.3 is 6.18 Å². The first-order valence-electron chi connectivity index (χ1n) is 10.9. The van der Waals surface area contributed by atoms with Gasteiger partial charge in [-0.05, 0) is 61.7 Å². The van der Waals surface area contributed by atoms with Gasteiger partial charge in [0.2, 0.25) is 5.88 Å². The van der Waals surface area contributed by atoms with Gasteiger partial charge in [-0.2, -0.15) is 13.2 Å². The Kier molecular flexibility index (Phi) is 8.67. The molecule has 4 nitrogen and oxygen atoms in total. The summed E-state index contributed by atoms with van der Waals surface area (Å²) in [6.45, 7) is 2.08. The zero-order valence-corrected chi connectivity index (χ0v) is 21.8. The first kappa shape index (κ1) is 27.9. The van der Waals surface area contributed by atoms with Gasteiger partial charge < -0.3 is 10.1 Å². The minimum Gasteiger partial charge on any atom is -0.462 e. The van der Waals surface area contributed by atoms with E-state index in [2.05, 4.69) is 26.2 Å². The van der Waals surface area contributed by atoms with Crippen molar-refractivity contribution in [2.75, 3.05) is 13.2 Å². The zero-order chi connectivity index (χ0) is 26.6. The number of halogens is 6. The van der Waals surface area contributed by atoms with Crippen molar-refractivity contribution in [2.45, 2.75) is 37.5 Å². The van der Waals surface area contributed by atoms with Crippen molar-refractivity contribution in [3.05, 3.63) is 93.0 Å². The maximum absolute atomic E-state index is 14.8. The van der Waals surface area contributed by atoms with E-state index >= 15 is 0 Å². The van der Waals surface area contributed by atoms with E-state index in [1.165, 1.54) is 13.8 Å². The smallest absolute Gasteiger partial charge is 0.417 e. The van der Waals surface area contributed by atoms with E-state index in [-0.39, 0.29) is 18.8 Å². The lowest BCUT2D eigenvalue weighted by Crippen LogP contribution is -2.52. The molecule has 3 rings (SSSR count). The number of carbonyl (C=O) groups is 1. The number of nitrogens with zero attached hydrogens (tertiary/aromatic N) is 1. The van der Waals surface area contributed by atoms with Gasteiger partial charge in [-0.3, -0.25) is 9.18 Å². The Hall–Kier alpha value is -2.65. The Balaban J connectivity index is 1.80. The summed E-state index contributed by atoms with van der Waals surface area (Å²) in [7, 11) is 0. The van der Waals surface area contributed by atoms with E-state index in [9.17, 15) is 22.4 Å². The second-order valence-corrected chi connectivity index (χ2v) is 10.3. The Morgan fingerprint density at radius 1 is 1.06 bits per heavy atom. The van der Waals surface area contributed by atoms with Crippen molar-refractivity contribution in [3.8, 4) is 5.88 Å². The molecule has 0 aliphatic rings. The highest BCUT2D eigenvalue weighted by Gasteiger charge is 2.37. The van der Waals surface area contributed by atoms with Crippen LogP contribution in [0.2, 0.25) is 5.02 Å². The van der Waals surface area contributed by atoms with Gasteiger partial charge in [-0.15, -0.1) is 0 Å². The fraction of sp³-hybridized carbons (Fsp3) is 0.308. The summed E-state index contributed by atoms with van der Waals surface area (Å²) < 4.78 is 59.5. The number of amides is 1. The van der Waals surface area contributed by atoms with Crippen molar-refractivity contribution in [1.82, 2.24) is 10.3 Å². The lowest BCUT2D eigenvalue weighted by atomic mass is 9.76. The number of aromatic nitrogens is 1. The molecule has 2 aromatic carbocycles. The molecule has 3 aromatic rings. The molecule has 0 saturated carbocycles. The normalized spacial score (nSPS) is 13.7. The highest BCUT2D eigenvalue weighted by Crippen LogP contribution is 2.32. The van der Waals surface area contributed by atoms with Crippen molar-refractivity contribution >= 4 is 33.4 Å². The van der Waals surface area contributed by atoms with Gasteiger partial charge in [0.1, 0.15) is 6.67 Å². The van der Waals surface area contributed by atoms with Crippen molar-refractivity contribution in [1.29, 1.82) is 0 Å². The predicted molar refractivity (Wildman–Crippen MR) is 134 cm³/mol. The Bertz CT molecular complexity index is 1190. The summed E-state index contributed by atoms with van der Waals surface area (Å²) in [6, 6.07) is 16.1. The molecule has 0 unspecified atom stereocenters. The van der Waals surface area contributed by atoms with Crippen LogP contribution in [-0.4, -0.2) is 29.7 Å². The lowest BCUT2D eigenvalue weighted by molar-refractivity contribution is -0.138. The number of ether oxygens (including phenoxy) is 1. The largest absolute Gasteiger partial charge is 0.462 e. The minimum absolute atomic E-state index is 0.0609. The molecule has 0 fully saturated rings. The van der Waals surface area contributed by atoms with Crippen LogP contribution in [0.3, 0.4) is 0 Å². The highest BCUT2D eigenvalue weighted by molar-refractivity contribution is 9.10. The van der Waals surface area contributed by atoms with E-state index in [0.717, 1.165) is 22.2 Å². The van der Waals surface area contributed by atoms with Crippen LogP contribution in [0.5, 0.6) is 5.88 Å². The fourth-order valence-corrected chi connectivity index (χ4v) is 4.15. The number of rotatable bonds is 9. The number of benzene rings is 2. The molecule has 1 amide bonds. The van der Waals surface area contributed by atoms with Crippen LogP contribution in [-0.2, 0) is 22.8 Å². The summed E-state index contributed by atoms with van der Waals surface area (Å²) in [6.07, 6.45) is -3.62. The number of hydrogen-bond donors (Lipinski definition) is 1. The number of carbonyl (C=O) groups excluding carboxylic acids is 1. The molecule has 0 aliphatic heterocycles. The van der Waals surface area contributed by atoms with Crippen molar-refractivity contribution < 1.29 is 27.1 Å². The maximum atomic E-state index is 14.8. The second kappa shape index (κ2) is 11.2. The fourth-order valence-electron chi connectivity index (χ4n) is 3.63. The topological polar surface area (TPSA) is 51.2 Å². The third-order valence-electron chi connectivity index (χ3n) is 5.71. The maximum Gasteiger partial charge on any atom is 0.417 e. The van der Waals surface area contributed by atoms with Gasteiger partial charge in [-0.25, -0.2) is 4.98 Å². The molecule has 1 atom stereocenters. The van der Waals surface area contributed by atoms with Gasteiger partial charge in [-0.1, -0.05) is 51.8 Å². The van der Waals surface area contributed by atoms with Gasteiger partial charge in [0, 0.05) is 33.7 Å². The third kappa shape index (κ3) is 6.97. The summed E-state index contributed by atoms with van der Waals surface area (Å²) in [5.41, 5.74) is -2.02. The van der Waals surface area contributed by atoms with Crippen LogP contribution >= 0.6 is 27.5 Å². The van der Waals surface area contributed by atoms with Crippen LogP contribution in [0.25, 0.3) is 0 Å². The molecular weight excluding hydrogens is 564 g/mol. The quantitative estimate of drug-likeness (QED) is 0.276. The summed E-state index contributed by atoms with van der Waals surface area (Å²) in [5.74, 6) is -0.721. The third-order valence-corrected chi connectivity index (χ3v) is 6.45. The average Bonchev–Trinajstić information content (AvgIpc) is 2.82. The Labute approximate surface area is 220 Å². The van der Waals surface area contributed by atoms with Crippen LogP contribution < -0.4 is 10.1 Å². The van der Waals surface area contributed by atoms with Crippen LogP contribution in [0.15, 0.2) is 71.3 Å². The molecule has 0 aliphatic carbocycles. The van der Waals surface area contributed by atoms with Crippen molar-refractivity contribution in [3.63, 3.8) is 0 Å². The Morgan fingerprint density at radius 2 is 1.75 bits per heavy atom. The molecule has 192 valence electrons. The van der Waals surface area contributed by atoms with Crippen LogP contribution in [0.4, 0.5) is 17.6 Å². The molecule has 1 heterocycles. The van der Waals surface area contributed by atoms with Gasteiger partial charge in [0.15, 0.2) is 5.60 Å². The molecule has 1 aromatic heterocycles. The molecule has 10 heteroatoms. The molecule has 1 N–H and O–H groups in total. The summed E-state index contributed by atoms with van der Waals surface area (Å²) in [5, 5.41) is 3.32. The standard InChI is InChI=1S/C26H24BrClF4N2O2/c1-24(2,36-22-11-8-19(14-33-22)26(30,31)32)23(35)34-16-25(15-29,18-4-3-5-20(27)12-18)13-17-6-9-21(28)10-7-17/h3-12,14H,13,15-16H2,1-2H3,(H,34,35)/t25-/m1/s1. The van der Waals surface area contributed by atoms with Gasteiger partial charge in [0.05, 0.1) is 5.56 Å². The molecule has 0 radical (unpaired) electrons. The Morgan fingerprint density at radius 3 is 2.31 bits per heavy atom. The first-order valence-corrected chi connectivity index (χ1v) is 12.1.